The second-order valence-corrected chi connectivity index (χ2v) is 7.25. The van der Waals surface area contributed by atoms with E-state index in [0.29, 0.717) is 17.2 Å². The van der Waals surface area contributed by atoms with Gasteiger partial charge < -0.3 is 14.8 Å². The number of benzene rings is 2. The molecule has 0 radical (unpaired) electrons. The van der Waals surface area contributed by atoms with Crippen molar-refractivity contribution in [1.29, 1.82) is 0 Å². The SMILES string of the molecule is COc1ccccc1OCC(=O)NC(=S)NNC(=O)CCC(=O)Nc1ccc(C)c(C)c1. The molecule has 2 rings (SSSR count). The van der Waals surface area contributed by atoms with Gasteiger partial charge in [-0.2, -0.15) is 0 Å². The van der Waals surface area contributed by atoms with Crippen molar-refractivity contribution in [2.75, 3.05) is 19.0 Å². The van der Waals surface area contributed by atoms with Crippen LogP contribution in [0.4, 0.5) is 5.69 Å². The van der Waals surface area contributed by atoms with Crippen molar-refractivity contribution in [2.45, 2.75) is 26.7 Å². The van der Waals surface area contributed by atoms with Gasteiger partial charge in [0.15, 0.2) is 23.2 Å². The van der Waals surface area contributed by atoms with E-state index in [1.807, 2.05) is 26.0 Å². The van der Waals surface area contributed by atoms with Crippen LogP contribution in [0.5, 0.6) is 11.5 Å². The lowest BCUT2D eigenvalue weighted by Gasteiger charge is -2.12. The first-order valence-electron chi connectivity index (χ1n) is 9.80. The molecule has 32 heavy (non-hydrogen) atoms. The molecule has 4 N–H and O–H groups in total. The zero-order valence-electron chi connectivity index (χ0n) is 18.1. The molecule has 2 aromatic carbocycles. The molecule has 9 nitrogen and oxygen atoms in total. The Hall–Kier alpha value is -3.66. The Bertz CT molecular complexity index is 996. The number of hydrazine groups is 1. The summed E-state index contributed by atoms with van der Waals surface area (Å²) in [6.45, 7) is 3.64. The Morgan fingerprint density at radius 1 is 0.875 bits per heavy atom. The number of aryl methyl sites for hydroxylation is 2. The first-order chi connectivity index (χ1) is 15.3. The number of anilines is 1. The second-order valence-electron chi connectivity index (χ2n) is 6.84. The summed E-state index contributed by atoms with van der Waals surface area (Å²) in [6, 6.07) is 12.5. The number of carbonyl (C=O) groups excluding carboxylic acids is 3. The molecule has 0 aliphatic heterocycles. The summed E-state index contributed by atoms with van der Waals surface area (Å²) in [6.07, 6.45) is -0.0660. The normalized spacial score (nSPS) is 9.97. The Labute approximate surface area is 191 Å². The van der Waals surface area contributed by atoms with Gasteiger partial charge in [0, 0.05) is 18.5 Å². The van der Waals surface area contributed by atoms with Crippen molar-refractivity contribution in [2.24, 2.45) is 0 Å². The van der Waals surface area contributed by atoms with Crippen LogP contribution in [0.15, 0.2) is 42.5 Å². The molecule has 0 fully saturated rings. The first-order valence-corrected chi connectivity index (χ1v) is 10.2. The number of ether oxygens (including phenoxy) is 2. The van der Waals surface area contributed by atoms with Crippen LogP contribution in [0.3, 0.4) is 0 Å². The van der Waals surface area contributed by atoms with Gasteiger partial charge in [0.1, 0.15) is 0 Å². The van der Waals surface area contributed by atoms with E-state index in [-0.39, 0.29) is 30.5 Å². The van der Waals surface area contributed by atoms with Gasteiger partial charge in [0.2, 0.25) is 11.8 Å². The summed E-state index contributed by atoms with van der Waals surface area (Å²) in [5, 5.41) is 5.01. The van der Waals surface area contributed by atoms with Crippen LogP contribution in [0.2, 0.25) is 0 Å². The number of carbonyl (C=O) groups is 3. The van der Waals surface area contributed by atoms with E-state index in [1.165, 1.54) is 7.11 Å². The van der Waals surface area contributed by atoms with Gasteiger partial charge in [-0.05, 0) is 61.5 Å². The van der Waals surface area contributed by atoms with Crippen LogP contribution in [0, 0.1) is 13.8 Å². The third-order valence-corrected chi connectivity index (χ3v) is 4.57. The molecule has 0 aliphatic carbocycles. The highest BCUT2D eigenvalue weighted by molar-refractivity contribution is 7.80. The topological polar surface area (TPSA) is 118 Å². The van der Waals surface area contributed by atoms with Gasteiger partial charge in [-0.25, -0.2) is 0 Å². The van der Waals surface area contributed by atoms with Crippen molar-refractivity contribution < 1.29 is 23.9 Å². The fourth-order valence-corrected chi connectivity index (χ4v) is 2.70. The quantitative estimate of drug-likeness (QED) is 0.354. The molecule has 3 amide bonds. The number of para-hydroxylation sites is 2. The zero-order chi connectivity index (χ0) is 23.5. The van der Waals surface area contributed by atoms with Crippen molar-refractivity contribution >= 4 is 40.7 Å². The van der Waals surface area contributed by atoms with Crippen molar-refractivity contribution in [3.63, 3.8) is 0 Å². The molecule has 170 valence electrons. The molecule has 0 unspecified atom stereocenters. The molecule has 0 aromatic heterocycles. The lowest BCUT2D eigenvalue weighted by molar-refractivity contribution is -0.125. The standard InChI is InChI=1S/C22H26N4O5S/c1-14-8-9-16(12-15(14)2)23-19(27)10-11-20(28)25-26-22(32)24-21(29)13-31-18-7-5-4-6-17(18)30-3/h4-9,12H,10-11,13H2,1-3H3,(H,23,27)(H,25,28)(H2,24,26,29,32). The fraction of sp³-hybridized carbons (Fsp3) is 0.273. The number of hydrogen-bond acceptors (Lipinski definition) is 6. The Morgan fingerprint density at radius 2 is 1.56 bits per heavy atom. The maximum atomic E-state index is 12.0. The van der Waals surface area contributed by atoms with Crippen LogP contribution in [-0.2, 0) is 14.4 Å². The van der Waals surface area contributed by atoms with E-state index in [0.717, 1.165) is 11.1 Å². The number of nitrogens with one attached hydrogen (secondary N) is 4. The number of hydrogen-bond donors (Lipinski definition) is 4. The van der Waals surface area contributed by atoms with Gasteiger partial charge in [-0.3, -0.25) is 30.6 Å². The number of thiocarbonyl (C=S) groups is 1. The average Bonchev–Trinajstić information content (AvgIpc) is 2.77. The predicted molar refractivity (Wildman–Crippen MR) is 124 cm³/mol. The third kappa shape index (κ3) is 8.23. The number of rotatable bonds is 8. The van der Waals surface area contributed by atoms with Crippen LogP contribution in [0.1, 0.15) is 24.0 Å². The molecule has 0 aliphatic rings. The summed E-state index contributed by atoms with van der Waals surface area (Å²) >= 11 is 4.96. The average molecular weight is 459 g/mol. The molecular formula is C22H26N4O5S. The minimum Gasteiger partial charge on any atom is -0.493 e. The van der Waals surface area contributed by atoms with Crippen LogP contribution in [0.25, 0.3) is 0 Å². The Balaban J connectivity index is 1.65. The summed E-state index contributed by atoms with van der Waals surface area (Å²) < 4.78 is 10.5. The molecule has 0 saturated carbocycles. The summed E-state index contributed by atoms with van der Waals surface area (Å²) in [7, 11) is 1.50. The van der Waals surface area contributed by atoms with Gasteiger partial charge in [-0.15, -0.1) is 0 Å². The van der Waals surface area contributed by atoms with Gasteiger partial charge >= 0.3 is 0 Å². The zero-order valence-corrected chi connectivity index (χ0v) is 18.9. The Morgan fingerprint density at radius 3 is 2.25 bits per heavy atom. The molecule has 0 atom stereocenters. The van der Waals surface area contributed by atoms with E-state index in [4.69, 9.17) is 21.7 Å². The lowest BCUT2D eigenvalue weighted by Crippen LogP contribution is -2.49. The fourth-order valence-electron chi connectivity index (χ4n) is 2.53. The van der Waals surface area contributed by atoms with Crippen molar-refractivity contribution in [3.05, 3.63) is 53.6 Å². The monoisotopic (exact) mass is 458 g/mol. The third-order valence-electron chi connectivity index (χ3n) is 4.37. The lowest BCUT2D eigenvalue weighted by atomic mass is 10.1. The highest BCUT2D eigenvalue weighted by atomic mass is 32.1. The minimum atomic E-state index is -0.518. The number of amides is 3. The van der Waals surface area contributed by atoms with Crippen LogP contribution < -0.4 is 31.0 Å². The number of methoxy groups -OCH3 is 1. The highest BCUT2D eigenvalue weighted by Crippen LogP contribution is 2.25. The molecule has 10 heteroatoms. The van der Waals surface area contributed by atoms with Crippen molar-refractivity contribution in [1.82, 2.24) is 16.2 Å². The van der Waals surface area contributed by atoms with Gasteiger partial charge in [0.25, 0.3) is 5.91 Å². The molecule has 0 bridgehead atoms. The summed E-state index contributed by atoms with van der Waals surface area (Å²) in [5.74, 6) is -0.350. The maximum Gasteiger partial charge on any atom is 0.264 e. The smallest absolute Gasteiger partial charge is 0.264 e. The Kier molecular flexibility index (Phi) is 9.43. The maximum absolute atomic E-state index is 12.0. The summed E-state index contributed by atoms with van der Waals surface area (Å²) in [5.41, 5.74) is 7.61. The first kappa shape index (κ1) is 24.6. The van der Waals surface area contributed by atoms with E-state index in [2.05, 4.69) is 21.5 Å². The molecule has 0 saturated heterocycles. The van der Waals surface area contributed by atoms with Crippen molar-refractivity contribution in [3.8, 4) is 11.5 Å². The highest BCUT2D eigenvalue weighted by Gasteiger charge is 2.11. The molecule has 0 spiro atoms. The van der Waals surface area contributed by atoms with E-state index >= 15 is 0 Å². The summed E-state index contributed by atoms with van der Waals surface area (Å²) in [4.78, 5) is 35.9. The molecule has 2 aromatic rings. The van der Waals surface area contributed by atoms with Gasteiger partial charge in [-0.1, -0.05) is 18.2 Å². The van der Waals surface area contributed by atoms with Gasteiger partial charge in [0.05, 0.1) is 7.11 Å². The van der Waals surface area contributed by atoms with E-state index < -0.39 is 11.8 Å². The molecule has 0 heterocycles. The van der Waals surface area contributed by atoms with E-state index in [9.17, 15) is 14.4 Å². The van der Waals surface area contributed by atoms with Crippen LogP contribution in [-0.4, -0.2) is 36.6 Å². The van der Waals surface area contributed by atoms with Crippen LogP contribution >= 0.6 is 12.2 Å². The second kappa shape index (κ2) is 12.3. The molecular weight excluding hydrogens is 432 g/mol. The van der Waals surface area contributed by atoms with E-state index in [1.54, 1.807) is 30.3 Å². The minimum absolute atomic E-state index is 0.00763. The predicted octanol–water partition coefficient (Wildman–Crippen LogP) is 2.13. The largest absolute Gasteiger partial charge is 0.493 e.